The van der Waals surface area contributed by atoms with Gasteiger partial charge in [-0.15, -0.1) is 11.3 Å². The number of hydrogen-bond acceptors (Lipinski definition) is 6. The average Bonchev–Trinajstić information content (AvgIpc) is 3.45. The maximum atomic E-state index is 14.3. The number of hydrazine groups is 1. The minimum Gasteiger partial charge on any atom is -0.331 e. The summed E-state index contributed by atoms with van der Waals surface area (Å²) >= 11 is 1.55. The van der Waals surface area contributed by atoms with Crippen LogP contribution in [0.25, 0.3) is 10.8 Å². The zero-order valence-electron chi connectivity index (χ0n) is 25.2. The fraction of sp³-hybridized carbons (Fsp3) is 0.406. The molecule has 3 aromatic rings. The van der Waals surface area contributed by atoms with Gasteiger partial charge in [-0.1, -0.05) is 54.6 Å². The topological polar surface area (TPSA) is 90.2 Å². The molecule has 0 bridgehead atoms. The molecule has 2 atom stereocenters. The van der Waals surface area contributed by atoms with Gasteiger partial charge in [0.1, 0.15) is 12.1 Å². The molecular weight excluding hydrogens is 534 g/mol. The lowest BCUT2D eigenvalue weighted by Gasteiger charge is -2.36. The Morgan fingerprint density at radius 2 is 1.51 bits per heavy atom. The van der Waals surface area contributed by atoms with Crippen LogP contribution in [0.1, 0.15) is 30.7 Å². The Balaban J connectivity index is 1.97. The zero-order chi connectivity index (χ0) is 30.3. The van der Waals surface area contributed by atoms with E-state index in [0.717, 1.165) is 21.2 Å². The number of fused-ring (bicyclic) bond motifs is 1. The molecule has 0 spiro atoms. The van der Waals surface area contributed by atoms with E-state index < -0.39 is 17.6 Å². The number of rotatable bonds is 12. The number of carbonyl (C=O) groups excluding carboxylic acids is 3. The van der Waals surface area contributed by atoms with Gasteiger partial charge in [0.15, 0.2) is 0 Å². The summed E-state index contributed by atoms with van der Waals surface area (Å²) in [5, 5.41) is 7.31. The summed E-state index contributed by atoms with van der Waals surface area (Å²) in [5.41, 5.74) is 6.55. The third kappa shape index (κ3) is 8.73. The summed E-state index contributed by atoms with van der Waals surface area (Å²) in [4.78, 5) is 45.2. The standard InChI is InChI=1S/C32H43N5O3S/c1-32(2,33)18-10-15-29(38)35(5)27(21-23-16-17-24-12-8-9-13-25(24)20-23)30(39)36(6)28(22-26-14-11-19-41-26)31(40)37(7)34(3)4/h8-17,19-20,27-28H,18,21-22,33H2,1-7H3/b15-10+. The van der Waals surface area contributed by atoms with Gasteiger partial charge in [0.25, 0.3) is 5.91 Å². The maximum Gasteiger partial charge on any atom is 0.259 e. The second-order valence-electron chi connectivity index (χ2n) is 11.4. The number of nitrogens with zero attached hydrogens (tertiary/aromatic N) is 4. The molecule has 9 heteroatoms. The van der Waals surface area contributed by atoms with Crippen LogP contribution in [-0.4, -0.2) is 90.4 Å². The molecule has 2 aromatic carbocycles. The molecule has 3 amide bonds. The summed E-state index contributed by atoms with van der Waals surface area (Å²) in [6.45, 7) is 3.78. The van der Waals surface area contributed by atoms with Gasteiger partial charge in [-0.2, -0.15) is 0 Å². The van der Waals surface area contributed by atoms with Gasteiger partial charge >= 0.3 is 0 Å². The molecule has 0 saturated heterocycles. The van der Waals surface area contributed by atoms with Gasteiger partial charge in [0.05, 0.1) is 0 Å². The van der Waals surface area contributed by atoms with E-state index >= 15 is 0 Å². The molecule has 0 aliphatic heterocycles. The monoisotopic (exact) mass is 577 g/mol. The van der Waals surface area contributed by atoms with E-state index in [0.29, 0.717) is 19.3 Å². The van der Waals surface area contributed by atoms with Crippen LogP contribution in [0.5, 0.6) is 0 Å². The van der Waals surface area contributed by atoms with E-state index in [1.807, 2.05) is 67.8 Å². The SMILES string of the molecule is CN(C(=O)/C=C/CC(C)(C)N)C(Cc1ccc2ccccc2c1)C(=O)N(C)C(Cc1cccs1)C(=O)N(C)N(C)C. The van der Waals surface area contributed by atoms with Crippen molar-refractivity contribution in [2.24, 2.45) is 5.73 Å². The smallest absolute Gasteiger partial charge is 0.259 e. The van der Waals surface area contributed by atoms with E-state index in [9.17, 15) is 14.4 Å². The molecule has 1 aromatic heterocycles. The van der Waals surface area contributed by atoms with Crippen LogP contribution >= 0.6 is 11.3 Å². The molecule has 0 aliphatic carbocycles. The number of thiophene rings is 1. The highest BCUT2D eigenvalue weighted by Gasteiger charge is 2.36. The predicted molar refractivity (Wildman–Crippen MR) is 167 cm³/mol. The fourth-order valence-corrected chi connectivity index (χ4v) is 5.27. The van der Waals surface area contributed by atoms with Crippen molar-refractivity contribution in [2.75, 3.05) is 35.2 Å². The molecule has 3 rings (SSSR count). The lowest BCUT2D eigenvalue weighted by molar-refractivity contribution is -0.154. The Morgan fingerprint density at radius 3 is 2.12 bits per heavy atom. The molecule has 2 N–H and O–H groups in total. The number of nitrogens with two attached hydrogens (primary N) is 1. The van der Waals surface area contributed by atoms with Crippen molar-refractivity contribution in [1.82, 2.24) is 19.8 Å². The number of benzene rings is 2. The molecule has 220 valence electrons. The van der Waals surface area contributed by atoms with Crippen molar-refractivity contribution in [3.63, 3.8) is 0 Å². The third-order valence-corrected chi connectivity index (χ3v) is 8.14. The van der Waals surface area contributed by atoms with Crippen molar-refractivity contribution in [3.8, 4) is 0 Å². The number of hydrogen-bond donors (Lipinski definition) is 1. The fourth-order valence-electron chi connectivity index (χ4n) is 4.52. The van der Waals surface area contributed by atoms with E-state index in [1.165, 1.54) is 20.9 Å². The van der Waals surface area contributed by atoms with Crippen LogP contribution in [0.4, 0.5) is 0 Å². The molecule has 1 heterocycles. The largest absolute Gasteiger partial charge is 0.331 e. The molecule has 8 nitrogen and oxygen atoms in total. The molecule has 0 saturated carbocycles. The average molecular weight is 578 g/mol. The van der Waals surface area contributed by atoms with Gasteiger partial charge < -0.3 is 15.5 Å². The van der Waals surface area contributed by atoms with Crippen LogP contribution in [0.15, 0.2) is 72.1 Å². The highest BCUT2D eigenvalue weighted by atomic mass is 32.1. The molecule has 0 fully saturated rings. The summed E-state index contributed by atoms with van der Waals surface area (Å²) in [7, 11) is 8.55. The van der Waals surface area contributed by atoms with E-state index in [1.54, 1.807) is 57.7 Å². The molecule has 0 radical (unpaired) electrons. The highest BCUT2D eigenvalue weighted by molar-refractivity contribution is 7.09. The van der Waals surface area contributed by atoms with Crippen molar-refractivity contribution < 1.29 is 14.4 Å². The van der Waals surface area contributed by atoms with Crippen LogP contribution in [0.3, 0.4) is 0 Å². The molecular formula is C32H43N5O3S. The van der Waals surface area contributed by atoms with Crippen LogP contribution in [0.2, 0.25) is 0 Å². The quantitative estimate of drug-likeness (QED) is 0.260. The number of carbonyl (C=O) groups is 3. The minimum atomic E-state index is -0.826. The van der Waals surface area contributed by atoms with Crippen molar-refractivity contribution >= 4 is 39.8 Å². The Morgan fingerprint density at radius 1 is 0.854 bits per heavy atom. The summed E-state index contributed by atoms with van der Waals surface area (Å²) in [5.74, 6) is -0.806. The normalized spacial score (nSPS) is 13.4. The number of amides is 3. The van der Waals surface area contributed by atoms with Gasteiger partial charge in [-0.3, -0.25) is 19.4 Å². The first-order chi connectivity index (χ1) is 19.3. The zero-order valence-corrected chi connectivity index (χ0v) is 26.0. The summed E-state index contributed by atoms with van der Waals surface area (Å²) in [6.07, 6.45) is 4.42. The van der Waals surface area contributed by atoms with Crippen LogP contribution in [0, 0.1) is 0 Å². The highest BCUT2D eigenvalue weighted by Crippen LogP contribution is 2.21. The molecule has 41 heavy (non-hydrogen) atoms. The van der Waals surface area contributed by atoms with Gasteiger partial charge in [-0.05, 0) is 54.1 Å². The number of likely N-dealkylation sites (N-methyl/N-ethyl adjacent to an activating group) is 3. The lowest BCUT2D eigenvalue weighted by atomic mass is 9.99. The van der Waals surface area contributed by atoms with Gasteiger partial charge in [-0.25, -0.2) is 5.01 Å². The Kier molecular flexibility index (Phi) is 10.8. The Labute approximate surface area is 248 Å². The van der Waals surface area contributed by atoms with Gasteiger partial charge in [0, 0.05) is 58.5 Å². The first-order valence-corrected chi connectivity index (χ1v) is 14.6. The molecule has 0 aliphatic rings. The molecule has 2 unspecified atom stereocenters. The van der Waals surface area contributed by atoms with Crippen molar-refractivity contribution in [3.05, 3.63) is 82.6 Å². The lowest BCUT2D eigenvalue weighted by Crippen LogP contribution is -2.57. The third-order valence-electron chi connectivity index (χ3n) is 7.24. The van der Waals surface area contributed by atoms with Crippen molar-refractivity contribution in [1.29, 1.82) is 0 Å². The summed E-state index contributed by atoms with van der Waals surface area (Å²) in [6, 6.07) is 16.4. The first-order valence-electron chi connectivity index (χ1n) is 13.7. The van der Waals surface area contributed by atoms with Crippen LogP contribution < -0.4 is 5.73 Å². The van der Waals surface area contributed by atoms with Crippen molar-refractivity contribution in [2.45, 2.75) is 50.7 Å². The van der Waals surface area contributed by atoms with E-state index in [-0.39, 0.29) is 17.7 Å². The summed E-state index contributed by atoms with van der Waals surface area (Å²) < 4.78 is 0. The minimum absolute atomic E-state index is 0.206. The van der Waals surface area contributed by atoms with E-state index in [4.69, 9.17) is 5.73 Å². The Hall–Kier alpha value is -3.53. The Bertz CT molecular complexity index is 1360. The van der Waals surface area contributed by atoms with Gasteiger partial charge in [0.2, 0.25) is 11.8 Å². The van der Waals surface area contributed by atoms with E-state index in [2.05, 4.69) is 6.07 Å². The maximum absolute atomic E-state index is 14.3. The second kappa shape index (κ2) is 13.9. The predicted octanol–water partition coefficient (Wildman–Crippen LogP) is 3.96. The first kappa shape index (κ1) is 32.0. The van der Waals surface area contributed by atoms with Crippen LogP contribution in [-0.2, 0) is 27.2 Å². The second-order valence-corrected chi connectivity index (χ2v) is 12.4.